The summed E-state index contributed by atoms with van der Waals surface area (Å²) in [4.78, 5) is 12.7. The Kier molecular flexibility index (Phi) is 6.34. The molecular weight excluding hydrogens is 419 g/mol. The first kappa shape index (κ1) is 21.1. The molecule has 8 heteroatoms. The summed E-state index contributed by atoms with van der Waals surface area (Å²) in [6, 6.07) is 10.3. The van der Waals surface area contributed by atoms with Gasteiger partial charge in [0.15, 0.2) is 0 Å². The Morgan fingerprint density at radius 1 is 1.18 bits per heavy atom. The summed E-state index contributed by atoms with van der Waals surface area (Å²) in [5.74, 6) is -0.297. The number of carbonyl (C=O) groups is 1. The third-order valence-corrected chi connectivity index (χ3v) is 6.88. The number of rotatable bonds is 6. The van der Waals surface area contributed by atoms with Crippen LogP contribution in [0.25, 0.3) is 0 Å². The molecule has 1 unspecified atom stereocenters. The molecule has 28 heavy (non-hydrogen) atoms. The van der Waals surface area contributed by atoms with Gasteiger partial charge in [-0.3, -0.25) is 4.79 Å². The van der Waals surface area contributed by atoms with Gasteiger partial charge in [-0.1, -0.05) is 61.3 Å². The van der Waals surface area contributed by atoms with Crippen LogP contribution in [0.5, 0.6) is 0 Å². The fourth-order valence-corrected chi connectivity index (χ4v) is 5.28. The van der Waals surface area contributed by atoms with E-state index in [4.69, 9.17) is 23.2 Å². The second-order valence-electron chi connectivity index (χ2n) is 7.27. The van der Waals surface area contributed by atoms with Gasteiger partial charge in [-0.2, -0.15) is 0 Å². The van der Waals surface area contributed by atoms with Crippen LogP contribution in [0.1, 0.15) is 47.8 Å². The number of nitrogens with one attached hydrogen (secondary N) is 2. The SMILES string of the molecule is CC(C)CNS(=O)(=O)c1cc(C(=O)NC2CCc3ccccc32)c(Cl)cc1Cl. The first-order valence-electron chi connectivity index (χ1n) is 9.06. The number of carbonyl (C=O) groups excluding carboxylic acids is 1. The maximum absolute atomic E-state index is 12.8. The lowest BCUT2D eigenvalue weighted by molar-refractivity contribution is 0.0936. The maximum atomic E-state index is 12.8. The molecule has 0 saturated heterocycles. The van der Waals surface area contributed by atoms with E-state index >= 15 is 0 Å². The average molecular weight is 441 g/mol. The molecule has 0 radical (unpaired) electrons. The Labute approximate surface area is 175 Å². The van der Waals surface area contributed by atoms with Crippen LogP contribution in [-0.2, 0) is 16.4 Å². The molecule has 3 rings (SSSR count). The van der Waals surface area contributed by atoms with E-state index in [2.05, 4.69) is 10.0 Å². The van der Waals surface area contributed by atoms with E-state index in [1.54, 1.807) is 0 Å². The smallest absolute Gasteiger partial charge is 0.253 e. The Morgan fingerprint density at radius 3 is 2.61 bits per heavy atom. The summed E-state index contributed by atoms with van der Waals surface area (Å²) in [5, 5.41) is 3.04. The van der Waals surface area contributed by atoms with Gasteiger partial charge in [-0.25, -0.2) is 13.1 Å². The predicted molar refractivity (Wildman–Crippen MR) is 111 cm³/mol. The van der Waals surface area contributed by atoms with E-state index in [1.165, 1.54) is 17.7 Å². The lowest BCUT2D eigenvalue weighted by atomic mass is 10.1. The Balaban J connectivity index is 1.87. The van der Waals surface area contributed by atoms with E-state index in [0.29, 0.717) is 0 Å². The Hall–Kier alpha value is -1.60. The van der Waals surface area contributed by atoms with Crippen molar-refractivity contribution < 1.29 is 13.2 Å². The predicted octanol–water partition coefficient (Wildman–Crippen LogP) is 4.35. The van der Waals surface area contributed by atoms with Crippen LogP contribution in [0.15, 0.2) is 41.3 Å². The summed E-state index contributed by atoms with van der Waals surface area (Å²) < 4.78 is 27.7. The molecule has 1 aliphatic rings. The summed E-state index contributed by atoms with van der Waals surface area (Å²) in [7, 11) is -3.86. The van der Waals surface area contributed by atoms with Crippen molar-refractivity contribution in [2.75, 3.05) is 6.54 Å². The highest BCUT2D eigenvalue weighted by Gasteiger charge is 2.27. The minimum Gasteiger partial charge on any atom is -0.345 e. The molecule has 0 spiro atoms. The van der Waals surface area contributed by atoms with Gasteiger partial charge in [0.05, 0.1) is 21.7 Å². The van der Waals surface area contributed by atoms with Gasteiger partial charge in [0.1, 0.15) is 4.90 Å². The van der Waals surface area contributed by atoms with Crippen LogP contribution in [0.4, 0.5) is 0 Å². The fraction of sp³-hybridized carbons (Fsp3) is 0.350. The van der Waals surface area contributed by atoms with Crippen molar-refractivity contribution in [3.63, 3.8) is 0 Å². The van der Waals surface area contributed by atoms with Gasteiger partial charge >= 0.3 is 0 Å². The van der Waals surface area contributed by atoms with Crippen LogP contribution >= 0.6 is 23.2 Å². The van der Waals surface area contributed by atoms with E-state index in [-0.39, 0.29) is 39.0 Å². The lowest BCUT2D eigenvalue weighted by Gasteiger charge is -2.16. The highest BCUT2D eigenvalue weighted by atomic mass is 35.5. The molecule has 5 nitrogen and oxygen atoms in total. The highest BCUT2D eigenvalue weighted by Crippen LogP contribution is 2.33. The van der Waals surface area contributed by atoms with Crippen molar-refractivity contribution in [2.24, 2.45) is 5.92 Å². The number of sulfonamides is 1. The Bertz CT molecular complexity index is 1010. The van der Waals surface area contributed by atoms with Crippen molar-refractivity contribution in [1.29, 1.82) is 0 Å². The molecule has 1 aliphatic carbocycles. The topological polar surface area (TPSA) is 75.3 Å². The first-order valence-corrected chi connectivity index (χ1v) is 11.3. The zero-order chi connectivity index (χ0) is 20.5. The highest BCUT2D eigenvalue weighted by molar-refractivity contribution is 7.89. The summed E-state index contributed by atoms with van der Waals surface area (Å²) in [5.41, 5.74) is 2.36. The molecular formula is C20H22Cl2N2O3S. The van der Waals surface area contributed by atoms with E-state index in [9.17, 15) is 13.2 Å². The van der Waals surface area contributed by atoms with Crippen molar-refractivity contribution in [1.82, 2.24) is 10.0 Å². The third kappa shape index (κ3) is 4.51. The van der Waals surface area contributed by atoms with Crippen LogP contribution in [0.2, 0.25) is 10.0 Å². The lowest BCUT2D eigenvalue weighted by Crippen LogP contribution is -2.29. The quantitative estimate of drug-likeness (QED) is 0.700. The minimum absolute atomic E-state index is 0.0241. The van der Waals surface area contributed by atoms with Crippen molar-refractivity contribution in [3.8, 4) is 0 Å². The Morgan fingerprint density at radius 2 is 1.89 bits per heavy atom. The van der Waals surface area contributed by atoms with Crippen LogP contribution in [0.3, 0.4) is 0 Å². The maximum Gasteiger partial charge on any atom is 0.253 e. The molecule has 0 saturated carbocycles. The number of benzene rings is 2. The number of hydrogen-bond acceptors (Lipinski definition) is 3. The van der Waals surface area contributed by atoms with Crippen molar-refractivity contribution in [2.45, 2.75) is 37.6 Å². The molecule has 0 bridgehead atoms. The molecule has 0 fully saturated rings. The molecule has 0 aromatic heterocycles. The van der Waals surface area contributed by atoms with Crippen LogP contribution in [-0.4, -0.2) is 20.9 Å². The largest absolute Gasteiger partial charge is 0.345 e. The zero-order valence-electron chi connectivity index (χ0n) is 15.6. The molecule has 2 aromatic carbocycles. The number of hydrogen-bond donors (Lipinski definition) is 2. The van der Waals surface area contributed by atoms with Gasteiger partial charge < -0.3 is 5.32 Å². The second kappa shape index (κ2) is 8.41. The van der Waals surface area contributed by atoms with Gasteiger partial charge in [-0.05, 0) is 42.0 Å². The van der Waals surface area contributed by atoms with Crippen LogP contribution in [0, 0.1) is 5.92 Å². The monoisotopic (exact) mass is 440 g/mol. The standard InChI is InChI=1S/C20H22Cl2N2O3S/c1-12(2)11-23-28(26,27)19-9-15(16(21)10-17(19)22)20(25)24-18-8-7-13-5-3-4-6-14(13)18/h3-6,9-10,12,18,23H,7-8,11H2,1-2H3,(H,24,25). The van der Waals surface area contributed by atoms with Gasteiger partial charge in [0.25, 0.3) is 5.91 Å². The molecule has 2 aromatic rings. The van der Waals surface area contributed by atoms with Gasteiger partial charge in [0.2, 0.25) is 10.0 Å². The number of amides is 1. The molecule has 1 atom stereocenters. The molecule has 150 valence electrons. The summed E-state index contributed by atoms with van der Waals surface area (Å²) >= 11 is 12.3. The van der Waals surface area contributed by atoms with Gasteiger partial charge in [-0.15, -0.1) is 0 Å². The number of fused-ring (bicyclic) bond motifs is 1. The van der Waals surface area contributed by atoms with Crippen molar-refractivity contribution in [3.05, 3.63) is 63.1 Å². The minimum atomic E-state index is -3.86. The summed E-state index contributed by atoms with van der Waals surface area (Å²) in [6.45, 7) is 4.05. The van der Waals surface area contributed by atoms with Crippen LogP contribution < -0.4 is 10.0 Å². The molecule has 0 heterocycles. The average Bonchev–Trinajstić information content (AvgIpc) is 3.03. The molecule has 1 amide bonds. The molecule has 0 aliphatic heterocycles. The molecule has 2 N–H and O–H groups in total. The fourth-order valence-electron chi connectivity index (χ4n) is 3.21. The second-order valence-corrected chi connectivity index (χ2v) is 9.82. The van der Waals surface area contributed by atoms with E-state index in [0.717, 1.165) is 18.4 Å². The number of aryl methyl sites for hydroxylation is 1. The first-order chi connectivity index (χ1) is 13.2. The van der Waals surface area contributed by atoms with E-state index in [1.807, 2.05) is 38.1 Å². The number of halogens is 2. The van der Waals surface area contributed by atoms with Crippen molar-refractivity contribution >= 4 is 39.1 Å². The normalized spacial score (nSPS) is 16.2. The third-order valence-electron chi connectivity index (χ3n) is 4.68. The van der Waals surface area contributed by atoms with Gasteiger partial charge in [0, 0.05) is 6.54 Å². The van der Waals surface area contributed by atoms with E-state index < -0.39 is 15.9 Å². The summed E-state index contributed by atoms with van der Waals surface area (Å²) in [6.07, 6.45) is 1.67. The zero-order valence-corrected chi connectivity index (χ0v) is 18.0.